The van der Waals surface area contributed by atoms with Crippen LogP contribution in [0, 0.1) is 0 Å². The summed E-state index contributed by atoms with van der Waals surface area (Å²) < 4.78 is 1.79. The van der Waals surface area contributed by atoms with E-state index in [1.54, 1.807) is 35.4 Å². The van der Waals surface area contributed by atoms with Crippen molar-refractivity contribution in [1.29, 1.82) is 0 Å². The van der Waals surface area contributed by atoms with E-state index >= 15 is 0 Å². The number of carbonyl (C=O) groups excluding carboxylic acids is 1. The van der Waals surface area contributed by atoms with Gasteiger partial charge in [-0.1, -0.05) is 11.6 Å². The molecule has 1 aliphatic heterocycles. The van der Waals surface area contributed by atoms with Crippen molar-refractivity contribution in [3.8, 4) is 5.82 Å². The van der Waals surface area contributed by atoms with E-state index in [1.165, 1.54) is 5.57 Å². The van der Waals surface area contributed by atoms with Crippen LogP contribution in [0.25, 0.3) is 5.82 Å². The molecule has 2 N–H and O–H groups in total. The number of nitrogens with zero attached hydrogens (tertiary/aromatic N) is 3. The van der Waals surface area contributed by atoms with Gasteiger partial charge in [0, 0.05) is 31.7 Å². The molecule has 0 saturated carbocycles. The maximum atomic E-state index is 12.1. The van der Waals surface area contributed by atoms with Crippen molar-refractivity contribution in [3.05, 3.63) is 54.3 Å². The molecule has 1 amide bonds. The Hall–Kier alpha value is -2.47. The molecule has 108 valence electrons. The summed E-state index contributed by atoms with van der Waals surface area (Å²) in [4.78, 5) is 20.3. The van der Waals surface area contributed by atoms with Gasteiger partial charge in [-0.15, -0.1) is 0 Å². The normalized spacial score (nSPS) is 14.6. The number of nitrogens with one attached hydrogen (secondary N) is 2. The number of amides is 1. The molecule has 2 aromatic rings. The molecule has 6 heteroatoms. The third-order valence-corrected chi connectivity index (χ3v) is 3.41. The first-order valence-corrected chi connectivity index (χ1v) is 6.94. The Labute approximate surface area is 122 Å². The summed E-state index contributed by atoms with van der Waals surface area (Å²) in [5, 5.41) is 6.18. The van der Waals surface area contributed by atoms with Crippen molar-refractivity contribution in [2.24, 2.45) is 0 Å². The molecule has 0 bridgehead atoms. The molecule has 2 aromatic heterocycles. The third kappa shape index (κ3) is 3.35. The minimum absolute atomic E-state index is 0.0980. The Morgan fingerprint density at radius 1 is 1.43 bits per heavy atom. The molecular weight excluding hydrogens is 266 g/mol. The summed E-state index contributed by atoms with van der Waals surface area (Å²) in [6.45, 7) is 2.46. The zero-order chi connectivity index (χ0) is 14.5. The quantitative estimate of drug-likeness (QED) is 0.818. The first-order valence-electron chi connectivity index (χ1n) is 6.94. The van der Waals surface area contributed by atoms with Crippen LogP contribution in [-0.2, 0) is 0 Å². The predicted molar refractivity (Wildman–Crippen MR) is 79.3 cm³/mol. The number of pyridine rings is 1. The number of imidazole rings is 1. The number of hydrogen-bond donors (Lipinski definition) is 2. The lowest BCUT2D eigenvalue weighted by Crippen LogP contribution is -2.29. The fraction of sp³-hybridized carbons (Fsp3) is 0.267. The predicted octanol–water partition coefficient (Wildman–Crippen LogP) is 0.917. The molecule has 0 fully saturated rings. The van der Waals surface area contributed by atoms with Gasteiger partial charge in [0.2, 0.25) is 0 Å². The minimum Gasteiger partial charge on any atom is -0.348 e. The Morgan fingerprint density at radius 2 is 2.38 bits per heavy atom. The highest BCUT2D eigenvalue weighted by Gasteiger charge is 2.08. The summed E-state index contributed by atoms with van der Waals surface area (Å²) >= 11 is 0. The highest BCUT2D eigenvalue weighted by atomic mass is 16.1. The number of carbonyl (C=O) groups is 1. The van der Waals surface area contributed by atoms with Gasteiger partial charge in [0.15, 0.2) is 0 Å². The monoisotopic (exact) mass is 283 g/mol. The molecule has 3 rings (SSSR count). The second kappa shape index (κ2) is 6.32. The lowest BCUT2D eigenvalue weighted by atomic mass is 10.1. The molecule has 21 heavy (non-hydrogen) atoms. The Bertz CT molecular complexity index is 631. The highest BCUT2D eigenvalue weighted by molar-refractivity contribution is 5.94. The van der Waals surface area contributed by atoms with E-state index in [1.807, 2.05) is 6.20 Å². The van der Waals surface area contributed by atoms with Crippen LogP contribution in [0.15, 0.2) is 48.7 Å². The van der Waals surface area contributed by atoms with Gasteiger partial charge in [-0.3, -0.25) is 9.36 Å². The molecule has 0 spiro atoms. The lowest BCUT2D eigenvalue weighted by Gasteiger charge is -2.14. The second-order valence-electron chi connectivity index (χ2n) is 4.87. The fourth-order valence-corrected chi connectivity index (χ4v) is 2.19. The van der Waals surface area contributed by atoms with E-state index in [4.69, 9.17) is 0 Å². The largest absolute Gasteiger partial charge is 0.348 e. The Balaban J connectivity index is 1.61. The van der Waals surface area contributed by atoms with Gasteiger partial charge in [0.05, 0.1) is 5.56 Å². The maximum absolute atomic E-state index is 12.1. The van der Waals surface area contributed by atoms with E-state index in [0.29, 0.717) is 12.1 Å². The Kier molecular flexibility index (Phi) is 4.07. The lowest BCUT2D eigenvalue weighted by molar-refractivity contribution is 0.0956. The molecule has 1 aliphatic rings. The van der Waals surface area contributed by atoms with Crippen molar-refractivity contribution >= 4 is 5.91 Å². The van der Waals surface area contributed by atoms with Gasteiger partial charge in [-0.2, -0.15) is 0 Å². The third-order valence-electron chi connectivity index (χ3n) is 3.41. The number of rotatable bonds is 4. The van der Waals surface area contributed by atoms with Gasteiger partial charge < -0.3 is 10.6 Å². The first-order chi connectivity index (χ1) is 10.3. The topological polar surface area (TPSA) is 71.8 Å². The van der Waals surface area contributed by atoms with E-state index < -0.39 is 0 Å². The summed E-state index contributed by atoms with van der Waals surface area (Å²) in [6, 6.07) is 3.58. The molecular formula is C15H17N5O. The molecule has 0 aliphatic carbocycles. The number of aromatic nitrogens is 3. The zero-order valence-electron chi connectivity index (χ0n) is 11.6. The smallest absolute Gasteiger partial charge is 0.253 e. The van der Waals surface area contributed by atoms with Crippen molar-refractivity contribution in [1.82, 2.24) is 25.2 Å². The molecule has 6 nitrogen and oxygen atoms in total. The van der Waals surface area contributed by atoms with Crippen molar-refractivity contribution in [2.75, 3.05) is 19.6 Å². The van der Waals surface area contributed by atoms with Crippen LogP contribution in [-0.4, -0.2) is 40.1 Å². The van der Waals surface area contributed by atoms with Gasteiger partial charge >= 0.3 is 0 Å². The standard InChI is InChI=1S/C15H17N5O/c21-15(19-9-12-3-5-16-6-4-12)13-1-2-14(18-10-13)20-8-7-17-11-20/h1-3,7-8,10-11,16H,4-6,9H2,(H,19,21). The van der Waals surface area contributed by atoms with Crippen LogP contribution >= 0.6 is 0 Å². The average Bonchev–Trinajstić information content (AvgIpc) is 3.08. The molecule has 3 heterocycles. The van der Waals surface area contributed by atoms with Gasteiger partial charge in [0.25, 0.3) is 5.91 Å². The molecule has 0 saturated heterocycles. The first kappa shape index (κ1) is 13.5. The summed E-state index contributed by atoms with van der Waals surface area (Å²) in [6.07, 6.45) is 9.87. The van der Waals surface area contributed by atoms with Crippen LogP contribution in [0.1, 0.15) is 16.8 Å². The van der Waals surface area contributed by atoms with E-state index in [-0.39, 0.29) is 5.91 Å². The second-order valence-corrected chi connectivity index (χ2v) is 4.87. The molecule has 0 atom stereocenters. The minimum atomic E-state index is -0.0980. The van der Waals surface area contributed by atoms with Crippen molar-refractivity contribution < 1.29 is 4.79 Å². The average molecular weight is 283 g/mol. The highest BCUT2D eigenvalue weighted by Crippen LogP contribution is 2.06. The van der Waals surface area contributed by atoms with E-state index in [9.17, 15) is 4.79 Å². The molecule has 0 radical (unpaired) electrons. The van der Waals surface area contributed by atoms with E-state index in [0.717, 1.165) is 25.3 Å². The zero-order valence-corrected chi connectivity index (χ0v) is 11.6. The number of hydrogen-bond acceptors (Lipinski definition) is 4. The van der Waals surface area contributed by atoms with Crippen molar-refractivity contribution in [3.63, 3.8) is 0 Å². The summed E-state index contributed by atoms with van der Waals surface area (Å²) in [5.74, 6) is 0.643. The fourth-order valence-electron chi connectivity index (χ4n) is 2.19. The summed E-state index contributed by atoms with van der Waals surface area (Å²) in [5.41, 5.74) is 1.83. The maximum Gasteiger partial charge on any atom is 0.253 e. The van der Waals surface area contributed by atoms with Crippen LogP contribution in [0.5, 0.6) is 0 Å². The SMILES string of the molecule is O=C(NCC1=CCNCC1)c1ccc(-n2ccnc2)nc1. The van der Waals surface area contributed by atoms with Crippen LogP contribution in [0.3, 0.4) is 0 Å². The summed E-state index contributed by atoms with van der Waals surface area (Å²) in [7, 11) is 0. The van der Waals surface area contributed by atoms with Gasteiger partial charge in [-0.05, 0) is 25.1 Å². The van der Waals surface area contributed by atoms with Gasteiger partial charge in [0.1, 0.15) is 12.1 Å². The molecule has 0 unspecified atom stereocenters. The van der Waals surface area contributed by atoms with Gasteiger partial charge in [-0.25, -0.2) is 9.97 Å². The van der Waals surface area contributed by atoms with Crippen molar-refractivity contribution in [2.45, 2.75) is 6.42 Å². The van der Waals surface area contributed by atoms with Crippen LogP contribution < -0.4 is 10.6 Å². The van der Waals surface area contributed by atoms with E-state index in [2.05, 4.69) is 26.7 Å². The molecule has 0 aromatic carbocycles. The van der Waals surface area contributed by atoms with Crippen LogP contribution in [0.2, 0.25) is 0 Å². The Morgan fingerprint density at radius 3 is 3.05 bits per heavy atom. The van der Waals surface area contributed by atoms with Crippen LogP contribution in [0.4, 0.5) is 0 Å².